The molecule has 1 aliphatic heterocycles. The van der Waals surface area contributed by atoms with E-state index >= 15 is 0 Å². The molecule has 2 aliphatic rings. The van der Waals surface area contributed by atoms with E-state index in [-0.39, 0.29) is 11.8 Å². The fraction of sp³-hybridized carbons (Fsp3) is 0.650. The van der Waals surface area contributed by atoms with Crippen LogP contribution in [0.3, 0.4) is 0 Å². The molecule has 23 heavy (non-hydrogen) atoms. The first-order valence-corrected chi connectivity index (χ1v) is 9.33. The highest BCUT2D eigenvalue weighted by molar-refractivity contribution is 5.84. The van der Waals surface area contributed by atoms with Crippen molar-refractivity contribution in [1.29, 1.82) is 0 Å². The van der Waals surface area contributed by atoms with Crippen molar-refractivity contribution in [3.05, 3.63) is 35.9 Å². The predicted molar refractivity (Wildman–Crippen MR) is 94.1 cm³/mol. The first kappa shape index (κ1) is 16.5. The first-order chi connectivity index (χ1) is 11.3. The fourth-order valence-corrected chi connectivity index (χ4v) is 4.49. The number of carbonyl (C=O) groups is 1. The summed E-state index contributed by atoms with van der Waals surface area (Å²) in [6, 6.07) is 10.0. The van der Waals surface area contributed by atoms with Crippen LogP contribution in [0.1, 0.15) is 56.4 Å². The second-order valence-electron chi connectivity index (χ2n) is 7.28. The highest BCUT2D eigenvalue weighted by Gasteiger charge is 2.32. The molecule has 2 fully saturated rings. The van der Waals surface area contributed by atoms with Gasteiger partial charge in [0.1, 0.15) is 0 Å². The van der Waals surface area contributed by atoms with E-state index in [4.69, 9.17) is 5.73 Å². The van der Waals surface area contributed by atoms with Gasteiger partial charge < -0.3 is 10.6 Å². The van der Waals surface area contributed by atoms with Crippen molar-refractivity contribution in [3.63, 3.8) is 0 Å². The zero-order valence-corrected chi connectivity index (χ0v) is 14.1. The molecule has 3 heteroatoms. The first-order valence-electron chi connectivity index (χ1n) is 9.33. The van der Waals surface area contributed by atoms with Gasteiger partial charge in [-0.1, -0.05) is 62.4 Å². The molecule has 1 saturated heterocycles. The van der Waals surface area contributed by atoms with E-state index in [9.17, 15) is 4.79 Å². The van der Waals surface area contributed by atoms with E-state index in [0.29, 0.717) is 12.5 Å². The molecule has 1 saturated carbocycles. The fourth-order valence-electron chi connectivity index (χ4n) is 4.49. The van der Waals surface area contributed by atoms with Crippen molar-refractivity contribution in [3.8, 4) is 0 Å². The number of rotatable bonds is 4. The molecule has 1 aromatic carbocycles. The molecular formula is C20H30N2O. The molecule has 2 unspecified atom stereocenters. The third kappa shape index (κ3) is 3.95. The van der Waals surface area contributed by atoms with Gasteiger partial charge in [-0.15, -0.1) is 0 Å². The van der Waals surface area contributed by atoms with Gasteiger partial charge in [-0.05, 0) is 30.2 Å². The maximum absolute atomic E-state index is 13.0. The third-order valence-electron chi connectivity index (χ3n) is 5.82. The second-order valence-corrected chi connectivity index (χ2v) is 7.28. The average molecular weight is 314 g/mol. The lowest BCUT2D eigenvalue weighted by molar-refractivity contribution is -0.135. The van der Waals surface area contributed by atoms with Crippen LogP contribution >= 0.6 is 0 Å². The Morgan fingerprint density at radius 1 is 1.04 bits per heavy atom. The summed E-state index contributed by atoms with van der Waals surface area (Å²) >= 11 is 0. The number of likely N-dealkylation sites (tertiary alicyclic amines) is 1. The van der Waals surface area contributed by atoms with Crippen molar-refractivity contribution in [2.24, 2.45) is 17.6 Å². The van der Waals surface area contributed by atoms with E-state index in [1.54, 1.807) is 0 Å². The maximum Gasteiger partial charge on any atom is 0.231 e. The minimum atomic E-state index is -0.179. The molecule has 0 radical (unpaired) electrons. The Labute approximate surface area is 140 Å². The Hall–Kier alpha value is -1.35. The molecule has 1 aromatic rings. The summed E-state index contributed by atoms with van der Waals surface area (Å²) in [4.78, 5) is 15.1. The molecule has 1 heterocycles. The summed E-state index contributed by atoms with van der Waals surface area (Å²) in [5.74, 6) is 1.61. The van der Waals surface area contributed by atoms with Crippen molar-refractivity contribution in [1.82, 2.24) is 4.90 Å². The Kier molecular flexibility index (Phi) is 5.71. The standard InChI is InChI=1S/C20H30N2O/c21-14-19(17-10-5-2-6-11-17)20(23)22-13-7-12-18(15-22)16-8-3-1-4-9-16/h2,5-6,10-11,16,18-19H,1,3-4,7-9,12-15,21H2. The Bertz CT molecular complexity index is 496. The smallest absolute Gasteiger partial charge is 0.231 e. The highest BCUT2D eigenvalue weighted by Crippen LogP contribution is 2.35. The Morgan fingerprint density at radius 2 is 1.74 bits per heavy atom. The largest absolute Gasteiger partial charge is 0.342 e. The average Bonchev–Trinajstić information content (AvgIpc) is 2.64. The monoisotopic (exact) mass is 314 g/mol. The number of carbonyl (C=O) groups excluding carboxylic acids is 1. The summed E-state index contributed by atoms with van der Waals surface area (Å²) in [6.07, 6.45) is 9.34. The number of benzene rings is 1. The lowest BCUT2D eigenvalue weighted by atomic mass is 9.76. The van der Waals surface area contributed by atoms with Gasteiger partial charge in [-0.25, -0.2) is 0 Å². The highest BCUT2D eigenvalue weighted by atomic mass is 16.2. The summed E-state index contributed by atoms with van der Waals surface area (Å²) in [6.45, 7) is 2.26. The normalized spacial score (nSPS) is 24.4. The van der Waals surface area contributed by atoms with Crippen LogP contribution in [0.4, 0.5) is 0 Å². The van der Waals surface area contributed by atoms with Gasteiger partial charge in [0, 0.05) is 19.6 Å². The van der Waals surface area contributed by atoms with E-state index in [0.717, 1.165) is 31.0 Å². The van der Waals surface area contributed by atoms with Crippen molar-refractivity contribution in [2.75, 3.05) is 19.6 Å². The third-order valence-corrected chi connectivity index (χ3v) is 5.82. The molecule has 2 atom stereocenters. The molecule has 3 rings (SSSR count). The summed E-state index contributed by atoms with van der Waals surface area (Å²) in [7, 11) is 0. The minimum absolute atomic E-state index is 0.179. The number of hydrogen-bond acceptors (Lipinski definition) is 2. The molecule has 0 aromatic heterocycles. The molecule has 3 nitrogen and oxygen atoms in total. The molecule has 1 amide bonds. The lowest BCUT2D eigenvalue weighted by Crippen LogP contribution is -2.45. The Balaban J connectivity index is 1.66. The van der Waals surface area contributed by atoms with E-state index < -0.39 is 0 Å². The Morgan fingerprint density at radius 3 is 2.43 bits per heavy atom. The van der Waals surface area contributed by atoms with Crippen molar-refractivity contribution < 1.29 is 4.79 Å². The van der Waals surface area contributed by atoms with Crippen LogP contribution in [0.2, 0.25) is 0 Å². The van der Waals surface area contributed by atoms with Crippen LogP contribution in [-0.4, -0.2) is 30.4 Å². The van der Waals surface area contributed by atoms with Crippen molar-refractivity contribution >= 4 is 5.91 Å². The van der Waals surface area contributed by atoms with Crippen LogP contribution in [-0.2, 0) is 4.79 Å². The number of piperidine rings is 1. The zero-order valence-electron chi connectivity index (χ0n) is 14.1. The van der Waals surface area contributed by atoms with E-state index in [2.05, 4.69) is 4.90 Å². The van der Waals surface area contributed by atoms with Crippen LogP contribution < -0.4 is 5.73 Å². The summed E-state index contributed by atoms with van der Waals surface area (Å²) < 4.78 is 0. The van der Waals surface area contributed by atoms with Crippen LogP contribution in [0.15, 0.2) is 30.3 Å². The van der Waals surface area contributed by atoms with Crippen LogP contribution in [0, 0.1) is 11.8 Å². The van der Waals surface area contributed by atoms with Gasteiger partial charge >= 0.3 is 0 Å². The number of amides is 1. The van der Waals surface area contributed by atoms with Gasteiger partial charge in [0.05, 0.1) is 5.92 Å². The van der Waals surface area contributed by atoms with Crippen LogP contribution in [0.5, 0.6) is 0 Å². The van der Waals surface area contributed by atoms with E-state index in [1.165, 1.54) is 38.5 Å². The summed E-state index contributed by atoms with van der Waals surface area (Å²) in [5, 5.41) is 0. The zero-order chi connectivity index (χ0) is 16.1. The predicted octanol–water partition coefficient (Wildman–Crippen LogP) is 3.55. The minimum Gasteiger partial charge on any atom is -0.342 e. The SMILES string of the molecule is NCC(C(=O)N1CCCC(C2CCCCC2)C1)c1ccccc1. The quantitative estimate of drug-likeness (QED) is 0.924. The molecule has 0 spiro atoms. The van der Waals surface area contributed by atoms with Gasteiger partial charge in [-0.3, -0.25) is 4.79 Å². The molecular weight excluding hydrogens is 284 g/mol. The van der Waals surface area contributed by atoms with Gasteiger partial charge in [0.15, 0.2) is 0 Å². The lowest BCUT2D eigenvalue weighted by Gasteiger charge is -2.39. The molecule has 2 N–H and O–H groups in total. The number of nitrogens with zero attached hydrogens (tertiary/aromatic N) is 1. The van der Waals surface area contributed by atoms with E-state index in [1.807, 2.05) is 30.3 Å². The number of hydrogen-bond donors (Lipinski definition) is 1. The van der Waals surface area contributed by atoms with Gasteiger partial charge in [0.2, 0.25) is 5.91 Å². The maximum atomic E-state index is 13.0. The van der Waals surface area contributed by atoms with Gasteiger partial charge in [-0.2, -0.15) is 0 Å². The second kappa shape index (κ2) is 7.96. The molecule has 0 bridgehead atoms. The molecule has 1 aliphatic carbocycles. The van der Waals surface area contributed by atoms with Crippen molar-refractivity contribution in [2.45, 2.75) is 50.9 Å². The number of nitrogens with two attached hydrogens (primary N) is 1. The topological polar surface area (TPSA) is 46.3 Å². The molecule has 126 valence electrons. The summed E-state index contributed by atoms with van der Waals surface area (Å²) in [5.41, 5.74) is 7.00. The van der Waals surface area contributed by atoms with Crippen LogP contribution in [0.25, 0.3) is 0 Å². The van der Waals surface area contributed by atoms with Gasteiger partial charge in [0.25, 0.3) is 0 Å².